The summed E-state index contributed by atoms with van der Waals surface area (Å²) in [6.45, 7) is 8.08. The molecule has 0 saturated heterocycles. The summed E-state index contributed by atoms with van der Waals surface area (Å²) < 4.78 is 0. The van der Waals surface area contributed by atoms with Gasteiger partial charge in [-0.15, -0.1) is 0 Å². The fraction of sp³-hybridized carbons (Fsp3) is 0.562. The fourth-order valence-electron chi connectivity index (χ4n) is 2.33. The standard InChI is InChI=1S/C16H25NO/c1-4-12-17(13-5-2)16(18)15(6-3)14-10-8-7-9-11-14/h7-11,15H,4-6,12-13H2,1-3H3. The van der Waals surface area contributed by atoms with Gasteiger partial charge in [0.15, 0.2) is 0 Å². The van der Waals surface area contributed by atoms with Gasteiger partial charge in [-0.1, -0.05) is 51.1 Å². The van der Waals surface area contributed by atoms with Crippen molar-refractivity contribution in [3.8, 4) is 0 Å². The van der Waals surface area contributed by atoms with Crippen LogP contribution in [-0.4, -0.2) is 23.9 Å². The lowest BCUT2D eigenvalue weighted by molar-refractivity contribution is -0.133. The average Bonchev–Trinajstić information content (AvgIpc) is 2.40. The molecule has 2 nitrogen and oxygen atoms in total. The molecular formula is C16H25NO. The summed E-state index contributed by atoms with van der Waals surface area (Å²) in [5.74, 6) is 0.302. The first kappa shape index (κ1) is 14.7. The van der Waals surface area contributed by atoms with E-state index in [1.807, 2.05) is 23.1 Å². The van der Waals surface area contributed by atoms with E-state index in [1.54, 1.807) is 0 Å². The van der Waals surface area contributed by atoms with E-state index >= 15 is 0 Å². The molecule has 0 fully saturated rings. The number of rotatable bonds is 7. The molecular weight excluding hydrogens is 222 g/mol. The number of carbonyl (C=O) groups is 1. The SMILES string of the molecule is CCCN(CCC)C(=O)C(CC)c1ccccc1. The number of nitrogens with zero attached hydrogens (tertiary/aromatic N) is 1. The van der Waals surface area contributed by atoms with E-state index in [0.717, 1.165) is 37.9 Å². The van der Waals surface area contributed by atoms with E-state index in [2.05, 4.69) is 32.9 Å². The molecule has 1 atom stereocenters. The van der Waals surface area contributed by atoms with Gasteiger partial charge in [-0.3, -0.25) is 4.79 Å². The van der Waals surface area contributed by atoms with Crippen LogP contribution in [-0.2, 0) is 4.79 Å². The average molecular weight is 247 g/mol. The summed E-state index contributed by atoms with van der Waals surface area (Å²) in [5.41, 5.74) is 1.14. The highest BCUT2D eigenvalue weighted by Gasteiger charge is 2.23. The van der Waals surface area contributed by atoms with Gasteiger partial charge in [0.1, 0.15) is 0 Å². The molecule has 1 aromatic carbocycles. The Kier molecular flexibility index (Phi) is 6.48. The van der Waals surface area contributed by atoms with Crippen LogP contribution in [0.15, 0.2) is 30.3 Å². The van der Waals surface area contributed by atoms with Crippen molar-refractivity contribution in [2.24, 2.45) is 0 Å². The normalized spacial score (nSPS) is 12.2. The summed E-state index contributed by atoms with van der Waals surface area (Å²) in [7, 11) is 0. The second-order valence-electron chi connectivity index (χ2n) is 4.70. The van der Waals surface area contributed by atoms with E-state index in [-0.39, 0.29) is 11.8 Å². The molecule has 0 spiro atoms. The highest BCUT2D eigenvalue weighted by atomic mass is 16.2. The molecule has 0 heterocycles. The van der Waals surface area contributed by atoms with Gasteiger partial charge in [0.25, 0.3) is 0 Å². The first-order chi connectivity index (χ1) is 8.74. The molecule has 0 bridgehead atoms. The van der Waals surface area contributed by atoms with Gasteiger partial charge in [-0.05, 0) is 24.8 Å². The van der Waals surface area contributed by atoms with Gasteiger partial charge >= 0.3 is 0 Å². The Morgan fingerprint density at radius 3 is 2.06 bits per heavy atom. The Balaban J connectivity index is 2.83. The summed E-state index contributed by atoms with van der Waals surface area (Å²) in [6.07, 6.45) is 2.92. The zero-order valence-corrected chi connectivity index (χ0v) is 11.9. The molecule has 0 saturated carbocycles. The topological polar surface area (TPSA) is 20.3 Å². The van der Waals surface area contributed by atoms with Crippen molar-refractivity contribution in [1.29, 1.82) is 0 Å². The number of amides is 1. The van der Waals surface area contributed by atoms with Crippen LogP contribution in [0.25, 0.3) is 0 Å². The summed E-state index contributed by atoms with van der Waals surface area (Å²) >= 11 is 0. The van der Waals surface area contributed by atoms with Crippen LogP contribution < -0.4 is 0 Å². The molecule has 18 heavy (non-hydrogen) atoms. The Bertz CT molecular complexity index is 341. The molecule has 100 valence electrons. The maximum Gasteiger partial charge on any atom is 0.230 e. The molecule has 2 heteroatoms. The predicted octanol–water partition coefficient (Wildman–Crippen LogP) is 3.83. The first-order valence-corrected chi connectivity index (χ1v) is 7.08. The van der Waals surface area contributed by atoms with E-state index in [9.17, 15) is 4.79 Å². The Hall–Kier alpha value is -1.31. The Morgan fingerprint density at radius 2 is 1.61 bits per heavy atom. The first-order valence-electron chi connectivity index (χ1n) is 7.08. The molecule has 0 aliphatic carbocycles. The van der Waals surface area contributed by atoms with Crippen molar-refractivity contribution in [1.82, 2.24) is 4.90 Å². The molecule has 0 aliphatic rings. The summed E-state index contributed by atoms with van der Waals surface area (Å²) in [5, 5.41) is 0. The fourth-order valence-corrected chi connectivity index (χ4v) is 2.33. The third-order valence-electron chi connectivity index (χ3n) is 3.21. The van der Waals surface area contributed by atoms with Crippen molar-refractivity contribution in [2.75, 3.05) is 13.1 Å². The van der Waals surface area contributed by atoms with Crippen LogP contribution in [0.2, 0.25) is 0 Å². The quantitative estimate of drug-likeness (QED) is 0.717. The highest BCUT2D eigenvalue weighted by Crippen LogP contribution is 2.22. The number of hydrogen-bond donors (Lipinski definition) is 0. The van der Waals surface area contributed by atoms with E-state index in [4.69, 9.17) is 0 Å². The zero-order chi connectivity index (χ0) is 13.4. The van der Waals surface area contributed by atoms with Crippen LogP contribution in [0, 0.1) is 0 Å². The monoisotopic (exact) mass is 247 g/mol. The lowest BCUT2D eigenvalue weighted by atomic mass is 9.95. The number of hydrogen-bond acceptors (Lipinski definition) is 1. The molecule has 0 aromatic heterocycles. The lowest BCUT2D eigenvalue weighted by Crippen LogP contribution is -2.36. The van der Waals surface area contributed by atoms with Crippen LogP contribution in [0.3, 0.4) is 0 Å². The molecule has 0 aliphatic heterocycles. The van der Waals surface area contributed by atoms with Gasteiger partial charge in [0.2, 0.25) is 5.91 Å². The Morgan fingerprint density at radius 1 is 1.06 bits per heavy atom. The van der Waals surface area contributed by atoms with Crippen molar-refractivity contribution in [2.45, 2.75) is 46.0 Å². The van der Waals surface area contributed by atoms with E-state index in [1.165, 1.54) is 0 Å². The number of benzene rings is 1. The molecule has 0 N–H and O–H groups in total. The second kappa shape index (κ2) is 7.91. The molecule has 1 aromatic rings. The molecule has 1 amide bonds. The zero-order valence-electron chi connectivity index (χ0n) is 11.9. The van der Waals surface area contributed by atoms with Crippen molar-refractivity contribution in [3.05, 3.63) is 35.9 Å². The van der Waals surface area contributed by atoms with Gasteiger partial charge < -0.3 is 4.90 Å². The summed E-state index contributed by atoms with van der Waals surface area (Å²) in [6, 6.07) is 10.1. The van der Waals surface area contributed by atoms with Crippen LogP contribution in [0.4, 0.5) is 0 Å². The maximum absolute atomic E-state index is 12.6. The molecule has 0 radical (unpaired) electrons. The third kappa shape index (κ3) is 3.86. The third-order valence-corrected chi connectivity index (χ3v) is 3.21. The predicted molar refractivity (Wildman–Crippen MR) is 76.6 cm³/mol. The number of carbonyl (C=O) groups excluding carboxylic acids is 1. The minimum Gasteiger partial charge on any atom is -0.342 e. The smallest absolute Gasteiger partial charge is 0.230 e. The van der Waals surface area contributed by atoms with Crippen molar-refractivity contribution in [3.63, 3.8) is 0 Å². The van der Waals surface area contributed by atoms with Crippen LogP contribution in [0.1, 0.15) is 51.5 Å². The van der Waals surface area contributed by atoms with Gasteiger partial charge in [-0.25, -0.2) is 0 Å². The van der Waals surface area contributed by atoms with Crippen LogP contribution in [0.5, 0.6) is 0 Å². The highest BCUT2D eigenvalue weighted by molar-refractivity contribution is 5.83. The Labute approximate surface area is 111 Å². The minimum absolute atomic E-state index is 0.0179. The maximum atomic E-state index is 12.6. The lowest BCUT2D eigenvalue weighted by Gasteiger charge is -2.26. The van der Waals surface area contributed by atoms with Crippen molar-refractivity contribution < 1.29 is 4.79 Å². The van der Waals surface area contributed by atoms with Gasteiger partial charge in [-0.2, -0.15) is 0 Å². The van der Waals surface area contributed by atoms with Gasteiger partial charge in [0.05, 0.1) is 5.92 Å². The van der Waals surface area contributed by atoms with Gasteiger partial charge in [0, 0.05) is 13.1 Å². The molecule has 1 rings (SSSR count). The summed E-state index contributed by atoms with van der Waals surface area (Å²) in [4.78, 5) is 14.6. The minimum atomic E-state index is 0.0179. The van der Waals surface area contributed by atoms with Crippen molar-refractivity contribution >= 4 is 5.91 Å². The van der Waals surface area contributed by atoms with E-state index in [0.29, 0.717) is 0 Å². The largest absolute Gasteiger partial charge is 0.342 e. The van der Waals surface area contributed by atoms with E-state index < -0.39 is 0 Å². The van der Waals surface area contributed by atoms with Crippen LogP contribution >= 0.6 is 0 Å². The molecule has 1 unspecified atom stereocenters. The second-order valence-corrected chi connectivity index (χ2v) is 4.70.